The van der Waals surface area contributed by atoms with Crippen molar-refractivity contribution in [3.63, 3.8) is 0 Å². The monoisotopic (exact) mass is 302 g/mol. The summed E-state index contributed by atoms with van der Waals surface area (Å²) in [5.41, 5.74) is 2.32. The number of amides is 1. The Labute approximate surface area is 130 Å². The molecule has 2 rings (SSSR count). The minimum absolute atomic E-state index is 0.0676. The van der Waals surface area contributed by atoms with Gasteiger partial charge in [-0.25, -0.2) is 0 Å². The lowest BCUT2D eigenvalue weighted by Gasteiger charge is -2.30. The lowest BCUT2D eigenvalue weighted by molar-refractivity contribution is 0.0562. The second-order valence-corrected chi connectivity index (χ2v) is 5.31. The first kappa shape index (κ1) is 16.2. The van der Waals surface area contributed by atoms with Crippen LogP contribution < -0.4 is 0 Å². The normalized spacial score (nSPS) is 12.2. The summed E-state index contributed by atoms with van der Waals surface area (Å²) in [5, 5.41) is 13.7. The molecule has 0 radical (unpaired) electrons. The molecule has 0 aliphatic heterocycles. The lowest BCUT2D eigenvalue weighted by Crippen LogP contribution is -2.41. The highest BCUT2D eigenvalue weighted by Crippen LogP contribution is 2.17. The van der Waals surface area contributed by atoms with Gasteiger partial charge >= 0.3 is 0 Å². The van der Waals surface area contributed by atoms with Crippen LogP contribution in [0, 0.1) is 6.92 Å². The van der Waals surface area contributed by atoms with Gasteiger partial charge in [-0.3, -0.25) is 14.5 Å². The SMILES string of the molecule is CCC(CO)N(Cc1cccnc1)C(=O)c1cnn(C)c1C. The topological polar surface area (TPSA) is 71.2 Å². The van der Waals surface area contributed by atoms with E-state index in [0.717, 1.165) is 11.3 Å². The Kier molecular flexibility index (Phi) is 5.27. The number of nitrogens with zero attached hydrogens (tertiary/aromatic N) is 4. The molecule has 0 aliphatic carbocycles. The largest absolute Gasteiger partial charge is 0.394 e. The molecular weight excluding hydrogens is 280 g/mol. The summed E-state index contributed by atoms with van der Waals surface area (Å²) in [7, 11) is 1.81. The summed E-state index contributed by atoms with van der Waals surface area (Å²) in [5.74, 6) is -0.115. The Morgan fingerprint density at radius 1 is 1.45 bits per heavy atom. The number of carbonyl (C=O) groups excluding carboxylic acids is 1. The minimum atomic E-state index is -0.229. The molecule has 2 aromatic heterocycles. The van der Waals surface area contributed by atoms with Crippen LogP contribution in [0.1, 0.15) is 35.0 Å². The minimum Gasteiger partial charge on any atom is -0.394 e. The molecule has 1 N–H and O–H groups in total. The summed E-state index contributed by atoms with van der Waals surface area (Å²) in [6.45, 7) is 4.17. The molecule has 6 nitrogen and oxygen atoms in total. The van der Waals surface area contributed by atoms with Crippen LogP contribution in [-0.4, -0.2) is 43.3 Å². The number of aliphatic hydroxyl groups is 1. The molecule has 2 heterocycles. The lowest BCUT2D eigenvalue weighted by atomic mass is 10.1. The zero-order chi connectivity index (χ0) is 16.1. The van der Waals surface area contributed by atoms with Gasteiger partial charge in [0.2, 0.25) is 0 Å². The van der Waals surface area contributed by atoms with Crippen molar-refractivity contribution < 1.29 is 9.90 Å². The van der Waals surface area contributed by atoms with E-state index in [4.69, 9.17) is 0 Å². The van der Waals surface area contributed by atoms with Crippen molar-refractivity contribution in [3.05, 3.63) is 47.5 Å². The van der Waals surface area contributed by atoms with Gasteiger partial charge in [-0.05, 0) is 25.0 Å². The summed E-state index contributed by atoms with van der Waals surface area (Å²) in [6.07, 6.45) is 5.70. The van der Waals surface area contributed by atoms with Gasteiger partial charge in [-0.2, -0.15) is 5.10 Å². The Morgan fingerprint density at radius 2 is 2.23 bits per heavy atom. The fourth-order valence-corrected chi connectivity index (χ4v) is 2.37. The van der Waals surface area contributed by atoms with Gasteiger partial charge in [0.25, 0.3) is 5.91 Å². The van der Waals surface area contributed by atoms with Crippen molar-refractivity contribution in [2.75, 3.05) is 6.61 Å². The molecule has 0 saturated carbocycles. The summed E-state index contributed by atoms with van der Waals surface area (Å²) >= 11 is 0. The van der Waals surface area contributed by atoms with E-state index in [2.05, 4.69) is 10.1 Å². The highest BCUT2D eigenvalue weighted by Gasteiger charge is 2.25. The zero-order valence-corrected chi connectivity index (χ0v) is 13.2. The number of carbonyl (C=O) groups is 1. The van der Waals surface area contributed by atoms with E-state index in [0.29, 0.717) is 18.5 Å². The first-order chi connectivity index (χ1) is 10.6. The fraction of sp³-hybridized carbons (Fsp3) is 0.438. The maximum Gasteiger partial charge on any atom is 0.257 e. The molecule has 0 fully saturated rings. The van der Waals surface area contributed by atoms with E-state index >= 15 is 0 Å². The van der Waals surface area contributed by atoms with Crippen LogP contribution in [0.2, 0.25) is 0 Å². The molecule has 0 aromatic carbocycles. The average Bonchev–Trinajstić information content (AvgIpc) is 2.87. The van der Waals surface area contributed by atoms with E-state index in [9.17, 15) is 9.90 Å². The number of aliphatic hydroxyl groups excluding tert-OH is 1. The number of aryl methyl sites for hydroxylation is 1. The van der Waals surface area contributed by atoms with Crippen molar-refractivity contribution in [2.24, 2.45) is 7.05 Å². The number of hydrogen-bond acceptors (Lipinski definition) is 4. The molecule has 2 aromatic rings. The highest BCUT2D eigenvalue weighted by atomic mass is 16.3. The summed E-state index contributed by atoms with van der Waals surface area (Å²) in [6, 6.07) is 3.54. The predicted octanol–water partition coefficient (Wildman–Crippen LogP) is 1.54. The van der Waals surface area contributed by atoms with Gasteiger partial charge in [-0.15, -0.1) is 0 Å². The van der Waals surface area contributed by atoms with Gasteiger partial charge in [0.05, 0.1) is 24.4 Å². The molecule has 0 saturated heterocycles. The third kappa shape index (κ3) is 3.33. The molecular formula is C16H22N4O2. The van der Waals surface area contributed by atoms with Crippen LogP contribution in [0.25, 0.3) is 0 Å². The Bertz CT molecular complexity index is 620. The van der Waals surface area contributed by atoms with Gasteiger partial charge < -0.3 is 10.0 Å². The molecule has 6 heteroatoms. The van der Waals surface area contributed by atoms with Gasteiger partial charge in [0, 0.05) is 31.7 Å². The van der Waals surface area contributed by atoms with Crippen molar-refractivity contribution in [3.8, 4) is 0 Å². The standard InChI is InChI=1S/C16H22N4O2/c1-4-14(11-21)20(10-13-6-5-7-17-8-13)16(22)15-9-18-19(3)12(15)2/h5-9,14,21H,4,10-11H2,1-3H3. The van der Waals surface area contributed by atoms with E-state index < -0.39 is 0 Å². The second-order valence-electron chi connectivity index (χ2n) is 5.31. The highest BCUT2D eigenvalue weighted by molar-refractivity contribution is 5.95. The quantitative estimate of drug-likeness (QED) is 0.878. The maximum absolute atomic E-state index is 12.9. The first-order valence-corrected chi connectivity index (χ1v) is 7.37. The van der Waals surface area contributed by atoms with E-state index in [-0.39, 0.29) is 18.6 Å². The maximum atomic E-state index is 12.9. The number of aromatic nitrogens is 3. The Hall–Kier alpha value is -2.21. The van der Waals surface area contributed by atoms with Crippen molar-refractivity contribution in [2.45, 2.75) is 32.9 Å². The van der Waals surface area contributed by atoms with Crippen LogP contribution >= 0.6 is 0 Å². The molecule has 22 heavy (non-hydrogen) atoms. The van der Waals surface area contributed by atoms with Crippen LogP contribution in [0.15, 0.2) is 30.7 Å². The molecule has 1 atom stereocenters. The number of hydrogen-bond donors (Lipinski definition) is 1. The van der Waals surface area contributed by atoms with E-state index in [1.54, 1.807) is 35.2 Å². The second kappa shape index (κ2) is 7.17. The Morgan fingerprint density at radius 3 is 2.73 bits per heavy atom. The molecule has 1 amide bonds. The zero-order valence-electron chi connectivity index (χ0n) is 13.2. The van der Waals surface area contributed by atoms with Crippen LogP contribution in [0.4, 0.5) is 0 Å². The number of pyridine rings is 1. The molecule has 0 aliphatic rings. The van der Waals surface area contributed by atoms with Crippen LogP contribution in [0.3, 0.4) is 0 Å². The van der Waals surface area contributed by atoms with E-state index in [1.165, 1.54) is 0 Å². The first-order valence-electron chi connectivity index (χ1n) is 7.37. The molecule has 118 valence electrons. The third-order valence-electron chi connectivity index (χ3n) is 3.92. The van der Waals surface area contributed by atoms with Gasteiger partial charge in [0.1, 0.15) is 0 Å². The van der Waals surface area contributed by atoms with Crippen LogP contribution in [0.5, 0.6) is 0 Å². The molecule has 1 unspecified atom stereocenters. The summed E-state index contributed by atoms with van der Waals surface area (Å²) < 4.78 is 1.68. The van der Waals surface area contributed by atoms with Crippen LogP contribution in [-0.2, 0) is 13.6 Å². The average molecular weight is 302 g/mol. The molecule has 0 bridgehead atoms. The van der Waals surface area contributed by atoms with Gasteiger partial charge in [0.15, 0.2) is 0 Å². The number of rotatable bonds is 6. The third-order valence-corrected chi connectivity index (χ3v) is 3.92. The Balaban J connectivity index is 2.31. The molecule has 0 spiro atoms. The van der Waals surface area contributed by atoms with Crippen molar-refractivity contribution >= 4 is 5.91 Å². The van der Waals surface area contributed by atoms with Crippen molar-refractivity contribution in [1.82, 2.24) is 19.7 Å². The summed E-state index contributed by atoms with van der Waals surface area (Å²) in [4.78, 5) is 18.7. The van der Waals surface area contributed by atoms with Gasteiger partial charge in [-0.1, -0.05) is 13.0 Å². The van der Waals surface area contributed by atoms with E-state index in [1.807, 2.05) is 26.0 Å². The van der Waals surface area contributed by atoms with Crippen molar-refractivity contribution in [1.29, 1.82) is 0 Å². The smallest absolute Gasteiger partial charge is 0.257 e. The fourth-order valence-electron chi connectivity index (χ4n) is 2.37. The predicted molar refractivity (Wildman–Crippen MR) is 83.2 cm³/mol.